The number of hydrogen-bond acceptors (Lipinski definition) is 0. The molecule has 0 rings (SSSR count). The molecule has 0 nitrogen and oxygen atoms in total. The van der Waals surface area contributed by atoms with Crippen LogP contribution in [0.5, 0.6) is 0 Å². The topological polar surface area (TPSA) is 0 Å². The zero-order valence-electron chi connectivity index (χ0n) is 10.2. The lowest BCUT2D eigenvalue weighted by molar-refractivity contribution is 0.586. The predicted octanol–water partition coefficient (Wildman–Crippen LogP) is 4.16. The average Bonchev–Trinajstić information content (AvgIpc) is 2.03. The molecule has 0 aromatic heterocycles. The van der Waals surface area contributed by atoms with Crippen LogP contribution < -0.4 is 0 Å². The average molecular weight is 192 g/mol. The Kier molecular flexibility index (Phi) is 8.32. The van der Waals surface area contributed by atoms with Crippen LogP contribution in [0, 0.1) is 56.3 Å². The van der Waals surface area contributed by atoms with Crippen LogP contribution in [0.25, 0.3) is 0 Å². The maximum absolute atomic E-state index is 2.38. The van der Waals surface area contributed by atoms with Crippen LogP contribution in [-0.4, -0.2) is 0 Å². The summed E-state index contributed by atoms with van der Waals surface area (Å²) >= 11 is 0. The van der Waals surface area contributed by atoms with Gasteiger partial charge in [0.25, 0.3) is 0 Å². The third-order valence-electron chi connectivity index (χ3n) is 2.21. The minimum absolute atomic E-state index is 0.573. The third kappa shape index (κ3) is 7.41. The summed E-state index contributed by atoms with van der Waals surface area (Å²) in [7, 11) is 0. The molecule has 3 atom stereocenters. The summed E-state index contributed by atoms with van der Waals surface area (Å²) in [6, 6.07) is 0. The second kappa shape index (κ2) is 8.32. The SMILES string of the molecule is C[CH][CH][C@@H](C)[CH]C(C)[CH][C@@H](C)[CH][CH]C. The van der Waals surface area contributed by atoms with Crippen LogP contribution in [-0.2, 0) is 0 Å². The zero-order chi connectivity index (χ0) is 11.0. The fraction of sp³-hybridized carbons (Fsp3) is 0.571. The second-order valence-corrected chi connectivity index (χ2v) is 4.01. The molecule has 1 unspecified atom stereocenters. The molecule has 0 aliphatic carbocycles. The van der Waals surface area contributed by atoms with Gasteiger partial charge in [-0.25, -0.2) is 0 Å². The van der Waals surface area contributed by atoms with Crippen molar-refractivity contribution in [3.05, 3.63) is 38.5 Å². The van der Waals surface area contributed by atoms with Crippen molar-refractivity contribution in [3.8, 4) is 0 Å². The maximum atomic E-state index is 2.38. The molecule has 0 fully saturated rings. The summed E-state index contributed by atoms with van der Waals surface area (Å²) in [4.78, 5) is 0. The molecule has 0 saturated carbocycles. The summed E-state index contributed by atoms with van der Waals surface area (Å²) in [6.07, 6.45) is 13.4. The van der Waals surface area contributed by atoms with E-state index in [9.17, 15) is 0 Å². The van der Waals surface area contributed by atoms with Gasteiger partial charge in [0.1, 0.15) is 0 Å². The highest BCUT2D eigenvalue weighted by molar-refractivity contribution is 5.01. The Bertz CT molecular complexity index is 103. The van der Waals surface area contributed by atoms with Crippen LogP contribution in [0.1, 0.15) is 34.6 Å². The van der Waals surface area contributed by atoms with E-state index in [0.717, 1.165) is 0 Å². The van der Waals surface area contributed by atoms with Gasteiger partial charge < -0.3 is 0 Å². The highest BCUT2D eigenvalue weighted by atomic mass is 14.2. The van der Waals surface area contributed by atoms with Crippen molar-refractivity contribution in [1.82, 2.24) is 0 Å². The molecule has 0 heteroatoms. The number of hydrogen-bond donors (Lipinski definition) is 0. The van der Waals surface area contributed by atoms with Crippen molar-refractivity contribution in [1.29, 1.82) is 0 Å². The minimum atomic E-state index is 0.573. The molecule has 80 valence electrons. The second-order valence-electron chi connectivity index (χ2n) is 4.01. The number of rotatable bonds is 8. The molecule has 14 heavy (non-hydrogen) atoms. The van der Waals surface area contributed by atoms with E-state index >= 15 is 0 Å². The van der Waals surface area contributed by atoms with Crippen LogP contribution >= 0.6 is 0 Å². The fourth-order valence-electron chi connectivity index (χ4n) is 1.76. The molecule has 0 aliphatic rings. The first-order valence-corrected chi connectivity index (χ1v) is 5.55. The van der Waals surface area contributed by atoms with Gasteiger partial charge in [0.15, 0.2) is 0 Å². The summed E-state index contributed by atoms with van der Waals surface area (Å²) in [5, 5.41) is 0. The van der Waals surface area contributed by atoms with E-state index in [1.165, 1.54) is 0 Å². The molecule has 0 N–H and O–H groups in total. The Morgan fingerprint density at radius 1 is 0.643 bits per heavy atom. The van der Waals surface area contributed by atoms with E-state index in [0.29, 0.717) is 17.8 Å². The van der Waals surface area contributed by atoms with Crippen molar-refractivity contribution in [2.24, 2.45) is 17.8 Å². The lowest BCUT2D eigenvalue weighted by Gasteiger charge is -2.19. The molecule has 0 saturated heterocycles. The summed E-state index contributed by atoms with van der Waals surface area (Å²) < 4.78 is 0. The summed E-state index contributed by atoms with van der Waals surface area (Å²) in [5.74, 6) is 1.72. The Morgan fingerprint density at radius 2 is 1.00 bits per heavy atom. The first-order valence-electron chi connectivity index (χ1n) is 5.55. The fourth-order valence-corrected chi connectivity index (χ4v) is 1.76. The van der Waals surface area contributed by atoms with Gasteiger partial charge >= 0.3 is 0 Å². The largest absolute Gasteiger partial charge is 0.0620 e. The smallest absolute Gasteiger partial charge is 0.0323 e. The third-order valence-corrected chi connectivity index (χ3v) is 2.21. The van der Waals surface area contributed by atoms with E-state index in [1.807, 2.05) is 0 Å². The van der Waals surface area contributed by atoms with Gasteiger partial charge in [-0.3, -0.25) is 0 Å². The van der Waals surface area contributed by atoms with E-state index in [-0.39, 0.29) is 0 Å². The van der Waals surface area contributed by atoms with Crippen LogP contribution in [0.3, 0.4) is 0 Å². The monoisotopic (exact) mass is 192 g/mol. The highest BCUT2D eigenvalue weighted by Crippen LogP contribution is 2.21. The van der Waals surface area contributed by atoms with Gasteiger partial charge in [-0.2, -0.15) is 0 Å². The lowest BCUT2D eigenvalue weighted by Crippen LogP contribution is -2.10. The zero-order valence-corrected chi connectivity index (χ0v) is 10.2. The summed E-state index contributed by atoms with van der Waals surface area (Å²) in [5.41, 5.74) is 0. The highest BCUT2D eigenvalue weighted by Gasteiger charge is 2.12. The first-order chi connectivity index (χ1) is 6.60. The van der Waals surface area contributed by atoms with Gasteiger partial charge in [-0.1, -0.05) is 34.6 Å². The Hall–Kier alpha value is 0. The van der Waals surface area contributed by atoms with E-state index in [1.54, 1.807) is 0 Å². The van der Waals surface area contributed by atoms with Gasteiger partial charge in [0.05, 0.1) is 0 Å². The van der Waals surface area contributed by atoms with E-state index < -0.39 is 0 Å². The molecule has 0 aliphatic heterocycles. The van der Waals surface area contributed by atoms with Gasteiger partial charge in [-0.15, -0.1) is 0 Å². The molecule has 0 aromatic rings. The molecule has 0 bridgehead atoms. The minimum Gasteiger partial charge on any atom is -0.0620 e. The molecule has 0 heterocycles. The van der Waals surface area contributed by atoms with Crippen molar-refractivity contribution in [2.45, 2.75) is 34.6 Å². The quantitative estimate of drug-likeness (QED) is 0.541. The Morgan fingerprint density at radius 3 is 1.29 bits per heavy atom. The van der Waals surface area contributed by atoms with Gasteiger partial charge in [0.2, 0.25) is 0 Å². The van der Waals surface area contributed by atoms with Crippen molar-refractivity contribution < 1.29 is 0 Å². The first kappa shape index (κ1) is 14.0. The standard InChI is InChI=1S/C14H24/c1-6-8-12(3)10-14(5)11-13(4)9-7-2/h6-14H,1-5H3/t12-,13+,14?. The molecule has 0 amide bonds. The molecule has 0 aromatic carbocycles. The predicted molar refractivity (Wildman–Crippen MR) is 64.6 cm³/mol. The Balaban J connectivity index is 3.57. The van der Waals surface area contributed by atoms with Crippen molar-refractivity contribution in [2.75, 3.05) is 0 Å². The normalized spacial score (nSPS) is 17.8. The van der Waals surface area contributed by atoms with Crippen molar-refractivity contribution in [3.63, 3.8) is 0 Å². The van der Waals surface area contributed by atoms with Crippen LogP contribution in [0.2, 0.25) is 0 Å². The molecular weight excluding hydrogens is 168 g/mol. The molecule has 0 spiro atoms. The Labute approximate surface area is 91.5 Å². The van der Waals surface area contributed by atoms with Gasteiger partial charge in [0, 0.05) is 0 Å². The van der Waals surface area contributed by atoms with E-state index in [2.05, 4.69) is 73.1 Å². The van der Waals surface area contributed by atoms with Crippen molar-refractivity contribution >= 4 is 0 Å². The summed E-state index contributed by atoms with van der Waals surface area (Å²) in [6.45, 7) is 10.8. The molecule has 6 radical (unpaired) electrons. The van der Waals surface area contributed by atoms with Crippen LogP contribution in [0.15, 0.2) is 0 Å². The maximum Gasteiger partial charge on any atom is -0.0323 e. The molecular formula is C14H24. The lowest BCUT2D eigenvalue weighted by atomic mass is 9.86. The van der Waals surface area contributed by atoms with E-state index in [4.69, 9.17) is 0 Å². The van der Waals surface area contributed by atoms with Gasteiger partial charge in [-0.05, 0) is 56.3 Å². The van der Waals surface area contributed by atoms with Crippen LogP contribution in [0.4, 0.5) is 0 Å².